The summed E-state index contributed by atoms with van der Waals surface area (Å²) >= 11 is 18.3. The minimum atomic E-state index is -0.256. The zero-order valence-electron chi connectivity index (χ0n) is 9.66. The van der Waals surface area contributed by atoms with Crippen LogP contribution in [0.1, 0.15) is 31.0 Å². The number of nitrogens with zero attached hydrogens (tertiary/aromatic N) is 2. The molecule has 1 heterocycles. The van der Waals surface area contributed by atoms with E-state index in [-0.39, 0.29) is 5.38 Å². The minimum absolute atomic E-state index is 0.256. The maximum Gasteiger partial charge on any atom is 0.261 e. The molecule has 0 fully saturated rings. The van der Waals surface area contributed by atoms with Gasteiger partial charge in [0.05, 0.1) is 21.0 Å². The van der Waals surface area contributed by atoms with Crippen molar-refractivity contribution in [1.82, 2.24) is 10.1 Å². The van der Waals surface area contributed by atoms with Crippen LogP contribution in [0.5, 0.6) is 0 Å². The predicted molar refractivity (Wildman–Crippen MR) is 73.3 cm³/mol. The molecule has 0 N–H and O–H groups in total. The minimum Gasteiger partial charge on any atom is -0.334 e. The van der Waals surface area contributed by atoms with Crippen LogP contribution in [0, 0.1) is 0 Å². The Morgan fingerprint density at radius 1 is 1.28 bits per heavy atom. The molecule has 0 saturated heterocycles. The van der Waals surface area contributed by atoms with Gasteiger partial charge in [0.25, 0.3) is 5.89 Å². The molecule has 6 heteroatoms. The molecule has 0 aliphatic heterocycles. The summed E-state index contributed by atoms with van der Waals surface area (Å²) in [5.74, 6) is 0.756. The maximum atomic E-state index is 6.14. The van der Waals surface area contributed by atoms with Crippen LogP contribution in [0.2, 0.25) is 10.0 Å². The molecule has 0 aliphatic rings. The molecule has 0 radical (unpaired) electrons. The number of alkyl halides is 1. The highest BCUT2D eigenvalue weighted by Crippen LogP contribution is 2.34. The van der Waals surface area contributed by atoms with Crippen LogP contribution in [0.4, 0.5) is 0 Å². The lowest BCUT2D eigenvalue weighted by molar-refractivity contribution is 0.420. The van der Waals surface area contributed by atoms with Gasteiger partial charge < -0.3 is 4.52 Å². The topological polar surface area (TPSA) is 38.9 Å². The van der Waals surface area contributed by atoms with Gasteiger partial charge in [0.15, 0.2) is 5.82 Å². The first-order valence-electron chi connectivity index (χ1n) is 5.55. The lowest BCUT2D eigenvalue weighted by atomic mass is 10.2. The van der Waals surface area contributed by atoms with Gasteiger partial charge in [-0.25, -0.2) is 0 Å². The van der Waals surface area contributed by atoms with E-state index in [1.165, 1.54) is 0 Å². The predicted octanol–water partition coefficient (Wildman–Crippen LogP) is 5.12. The molecule has 0 aliphatic carbocycles. The van der Waals surface area contributed by atoms with E-state index in [2.05, 4.69) is 10.1 Å². The lowest BCUT2D eigenvalue weighted by Crippen LogP contribution is -1.92. The molecule has 0 amide bonds. The first kappa shape index (κ1) is 13.7. The molecule has 96 valence electrons. The van der Waals surface area contributed by atoms with Gasteiger partial charge in [0.2, 0.25) is 0 Å². The molecule has 0 spiro atoms. The number of aromatic nitrogens is 2. The highest BCUT2D eigenvalue weighted by atomic mass is 35.5. The molecule has 1 aromatic heterocycles. The average molecular weight is 306 g/mol. The summed E-state index contributed by atoms with van der Waals surface area (Å²) in [5, 5.41) is 4.55. The van der Waals surface area contributed by atoms with Gasteiger partial charge in [-0.05, 0) is 18.6 Å². The van der Waals surface area contributed by atoms with Crippen LogP contribution < -0.4 is 0 Å². The molecular formula is C12H11Cl3N2O. The SMILES string of the molecule is CCCC(Cl)c1noc(-c2c(Cl)cccc2Cl)n1. The van der Waals surface area contributed by atoms with Crippen molar-refractivity contribution in [1.29, 1.82) is 0 Å². The van der Waals surface area contributed by atoms with E-state index >= 15 is 0 Å². The molecule has 2 aromatic rings. The highest BCUT2D eigenvalue weighted by molar-refractivity contribution is 6.38. The van der Waals surface area contributed by atoms with Gasteiger partial charge in [-0.3, -0.25) is 0 Å². The van der Waals surface area contributed by atoms with Gasteiger partial charge in [-0.15, -0.1) is 11.6 Å². The van der Waals surface area contributed by atoms with Crippen molar-refractivity contribution in [2.45, 2.75) is 25.1 Å². The Labute approximate surface area is 120 Å². The monoisotopic (exact) mass is 304 g/mol. The zero-order chi connectivity index (χ0) is 13.1. The van der Waals surface area contributed by atoms with Crippen molar-refractivity contribution < 1.29 is 4.52 Å². The molecule has 1 aromatic carbocycles. The first-order valence-corrected chi connectivity index (χ1v) is 6.74. The molecule has 2 rings (SSSR count). The number of hydrogen-bond acceptors (Lipinski definition) is 3. The summed E-state index contributed by atoms with van der Waals surface area (Å²) in [7, 11) is 0. The van der Waals surface area contributed by atoms with Crippen molar-refractivity contribution in [2.75, 3.05) is 0 Å². The summed E-state index contributed by atoms with van der Waals surface area (Å²) in [6.07, 6.45) is 1.74. The molecule has 0 bridgehead atoms. The summed E-state index contributed by atoms with van der Waals surface area (Å²) in [4.78, 5) is 4.24. The quantitative estimate of drug-likeness (QED) is 0.736. The van der Waals surface area contributed by atoms with Crippen LogP contribution >= 0.6 is 34.8 Å². The largest absolute Gasteiger partial charge is 0.334 e. The Bertz CT molecular complexity index is 522. The second-order valence-corrected chi connectivity index (χ2v) is 5.15. The molecule has 0 saturated carbocycles. The zero-order valence-corrected chi connectivity index (χ0v) is 11.9. The summed E-state index contributed by atoms with van der Waals surface area (Å²) in [5.41, 5.74) is 0.542. The van der Waals surface area contributed by atoms with Crippen LogP contribution in [-0.2, 0) is 0 Å². The van der Waals surface area contributed by atoms with Crippen LogP contribution in [0.3, 0.4) is 0 Å². The summed E-state index contributed by atoms with van der Waals surface area (Å²) < 4.78 is 5.17. The third-order valence-corrected chi connectivity index (χ3v) is 3.48. The Kier molecular flexibility index (Phi) is 4.49. The molecule has 18 heavy (non-hydrogen) atoms. The fourth-order valence-electron chi connectivity index (χ4n) is 1.55. The van der Waals surface area contributed by atoms with Crippen LogP contribution in [-0.4, -0.2) is 10.1 Å². The van der Waals surface area contributed by atoms with Crippen molar-refractivity contribution in [2.24, 2.45) is 0 Å². The average Bonchev–Trinajstić information content (AvgIpc) is 2.78. The number of halogens is 3. The smallest absolute Gasteiger partial charge is 0.261 e. The molecular weight excluding hydrogens is 295 g/mol. The standard InChI is InChI=1S/C12H11Cl3N2O/c1-2-4-9(15)11-16-12(18-17-11)10-7(13)5-3-6-8(10)14/h3,5-6,9H,2,4H2,1H3. The fraction of sp³-hybridized carbons (Fsp3) is 0.333. The van der Waals surface area contributed by atoms with E-state index in [0.29, 0.717) is 27.3 Å². The highest BCUT2D eigenvalue weighted by Gasteiger charge is 2.19. The van der Waals surface area contributed by atoms with Crippen LogP contribution in [0.25, 0.3) is 11.5 Å². The Morgan fingerprint density at radius 2 is 1.94 bits per heavy atom. The van der Waals surface area contributed by atoms with E-state index in [0.717, 1.165) is 12.8 Å². The first-order chi connectivity index (χ1) is 8.63. The van der Waals surface area contributed by atoms with Gasteiger partial charge in [-0.2, -0.15) is 4.98 Å². The Morgan fingerprint density at radius 3 is 2.56 bits per heavy atom. The Balaban J connectivity index is 2.35. The van der Waals surface area contributed by atoms with E-state index in [9.17, 15) is 0 Å². The van der Waals surface area contributed by atoms with Crippen molar-refractivity contribution >= 4 is 34.8 Å². The lowest BCUT2D eigenvalue weighted by Gasteiger charge is -2.01. The van der Waals surface area contributed by atoms with Gasteiger partial charge >= 0.3 is 0 Å². The third-order valence-electron chi connectivity index (χ3n) is 2.44. The summed E-state index contributed by atoms with van der Waals surface area (Å²) in [6.45, 7) is 2.04. The third kappa shape index (κ3) is 2.79. The molecule has 1 atom stereocenters. The van der Waals surface area contributed by atoms with Crippen LogP contribution in [0.15, 0.2) is 22.7 Å². The van der Waals surface area contributed by atoms with E-state index in [4.69, 9.17) is 39.3 Å². The van der Waals surface area contributed by atoms with Crippen molar-refractivity contribution in [3.8, 4) is 11.5 Å². The number of hydrogen-bond donors (Lipinski definition) is 0. The Hall–Kier alpha value is -0.770. The van der Waals surface area contributed by atoms with Gasteiger partial charge in [0, 0.05) is 0 Å². The summed E-state index contributed by atoms with van der Waals surface area (Å²) in [6, 6.07) is 5.20. The van der Waals surface area contributed by atoms with Gasteiger partial charge in [0.1, 0.15) is 0 Å². The maximum absolute atomic E-state index is 6.14. The van der Waals surface area contributed by atoms with Crippen molar-refractivity contribution in [3.05, 3.63) is 34.1 Å². The molecule has 3 nitrogen and oxygen atoms in total. The number of benzene rings is 1. The van der Waals surface area contributed by atoms with Crippen molar-refractivity contribution in [3.63, 3.8) is 0 Å². The second kappa shape index (κ2) is 5.91. The van der Waals surface area contributed by atoms with E-state index in [1.807, 2.05) is 6.92 Å². The second-order valence-electron chi connectivity index (χ2n) is 3.81. The number of rotatable bonds is 4. The normalized spacial score (nSPS) is 12.7. The van der Waals surface area contributed by atoms with Gasteiger partial charge in [-0.1, -0.05) is 47.8 Å². The van der Waals surface area contributed by atoms with E-state index in [1.54, 1.807) is 18.2 Å². The molecule has 1 unspecified atom stereocenters. The fourth-order valence-corrected chi connectivity index (χ4v) is 2.41. The van der Waals surface area contributed by atoms with E-state index < -0.39 is 0 Å².